The van der Waals surface area contributed by atoms with Gasteiger partial charge in [-0.15, -0.1) is 0 Å². The number of carbonyl (C=O) groups is 3. The van der Waals surface area contributed by atoms with Crippen molar-refractivity contribution < 1.29 is 14.4 Å². The first-order chi connectivity index (χ1) is 22.9. The molecule has 47 heavy (non-hydrogen) atoms. The average molecular weight is 650 g/mol. The standard InChI is InChI=1S/C37H59N7O3/c1-40-18-22-43(23-19-40)34(45)28-41-16-12-29(13-17-41)27-42-20-24-44(25-21-42)37(47)35(31-6-3-2-4-7-31)39-36(46)33-9-5-8-32(26-33)30-10-14-38-15-11-30/h5,8-9,26,29-31,35,38H,2-4,6-7,10-25,27-28H2,1H3,(H,39,46). The topological polar surface area (TPSA) is 91.5 Å². The number of rotatable bonds is 9. The van der Waals surface area contributed by atoms with Gasteiger partial charge in [0.05, 0.1) is 6.54 Å². The Kier molecular flexibility index (Phi) is 12.2. The molecule has 1 saturated carbocycles. The van der Waals surface area contributed by atoms with Gasteiger partial charge in [-0.1, -0.05) is 31.4 Å². The van der Waals surface area contributed by atoms with Crippen LogP contribution in [0.5, 0.6) is 0 Å². The van der Waals surface area contributed by atoms with E-state index in [-0.39, 0.29) is 23.6 Å². The van der Waals surface area contributed by atoms with Gasteiger partial charge in [-0.3, -0.25) is 24.2 Å². The smallest absolute Gasteiger partial charge is 0.251 e. The molecular formula is C37H59N7O3. The van der Waals surface area contributed by atoms with E-state index in [2.05, 4.69) is 44.5 Å². The Balaban J connectivity index is 0.973. The van der Waals surface area contributed by atoms with Gasteiger partial charge in [0.15, 0.2) is 0 Å². The number of hydrogen-bond donors (Lipinski definition) is 2. The Bertz CT molecular complexity index is 1180. The summed E-state index contributed by atoms with van der Waals surface area (Å²) in [6.45, 7) is 12.5. The van der Waals surface area contributed by atoms with Gasteiger partial charge in [0, 0.05) is 64.5 Å². The van der Waals surface area contributed by atoms with Crippen molar-refractivity contribution in [2.24, 2.45) is 11.8 Å². The second kappa shape index (κ2) is 16.7. The molecule has 6 rings (SSSR count). The summed E-state index contributed by atoms with van der Waals surface area (Å²) in [4.78, 5) is 51.7. The van der Waals surface area contributed by atoms with Crippen molar-refractivity contribution in [1.82, 2.24) is 35.1 Å². The van der Waals surface area contributed by atoms with Gasteiger partial charge in [0.1, 0.15) is 6.04 Å². The minimum atomic E-state index is -0.449. The fourth-order valence-corrected chi connectivity index (χ4v) is 8.55. The third-order valence-electron chi connectivity index (χ3n) is 11.8. The van der Waals surface area contributed by atoms with Crippen LogP contribution in [0, 0.1) is 11.8 Å². The fraction of sp³-hybridized carbons (Fsp3) is 0.757. The third kappa shape index (κ3) is 9.34. The number of piperazine rings is 2. The number of nitrogens with zero attached hydrogens (tertiary/aromatic N) is 5. The molecule has 1 aromatic rings. The molecule has 1 unspecified atom stereocenters. The van der Waals surface area contributed by atoms with Crippen molar-refractivity contribution in [2.45, 2.75) is 69.7 Å². The first-order valence-electron chi connectivity index (χ1n) is 18.7. The largest absolute Gasteiger partial charge is 0.340 e. The van der Waals surface area contributed by atoms with Gasteiger partial charge >= 0.3 is 0 Å². The maximum absolute atomic E-state index is 14.1. The van der Waals surface area contributed by atoms with Crippen LogP contribution < -0.4 is 10.6 Å². The van der Waals surface area contributed by atoms with Crippen molar-refractivity contribution in [3.05, 3.63) is 35.4 Å². The molecule has 4 heterocycles. The van der Waals surface area contributed by atoms with Gasteiger partial charge in [-0.25, -0.2) is 0 Å². The lowest BCUT2D eigenvalue weighted by molar-refractivity contribution is -0.137. The molecule has 3 amide bonds. The predicted octanol–water partition coefficient (Wildman–Crippen LogP) is 2.46. The van der Waals surface area contributed by atoms with Crippen LogP contribution in [0.15, 0.2) is 24.3 Å². The van der Waals surface area contributed by atoms with E-state index in [0.717, 1.165) is 136 Å². The van der Waals surface area contributed by atoms with Crippen LogP contribution in [0.1, 0.15) is 79.6 Å². The third-order valence-corrected chi connectivity index (χ3v) is 11.8. The average Bonchev–Trinajstić information content (AvgIpc) is 3.12. The summed E-state index contributed by atoms with van der Waals surface area (Å²) in [7, 11) is 2.12. The zero-order valence-electron chi connectivity index (χ0n) is 28.8. The summed E-state index contributed by atoms with van der Waals surface area (Å²) in [6, 6.07) is 7.66. The van der Waals surface area contributed by atoms with Crippen LogP contribution in [0.4, 0.5) is 0 Å². The normalized spacial score (nSPS) is 24.3. The maximum Gasteiger partial charge on any atom is 0.251 e. The molecule has 5 aliphatic rings. The van der Waals surface area contributed by atoms with Gasteiger partial charge in [-0.05, 0) is 107 Å². The number of piperidine rings is 2. The molecule has 10 heteroatoms. The molecule has 0 bridgehead atoms. The van der Waals surface area contributed by atoms with Gasteiger partial charge in [-0.2, -0.15) is 0 Å². The molecule has 1 atom stereocenters. The quantitative estimate of drug-likeness (QED) is 0.425. The highest BCUT2D eigenvalue weighted by atomic mass is 16.2. The monoisotopic (exact) mass is 649 g/mol. The maximum atomic E-state index is 14.1. The number of nitrogens with one attached hydrogen (secondary N) is 2. The second-order valence-corrected chi connectivity index (χ2v) is 15.0. The van der Waals surface area contributed by atoms with Crippen LogP contribution in [-0.2, 0) is 9.59 Å². The van der Waals surface area contributed by atoms with Crippen LogP contribution in [-0.4, -0.2) is 147 Å². The lowest BCUT2D eigenvalue weighted by atomic mass is 9.83. The van der Waals surface area contributed by atoms with Gasteiger partial charge < -0.3 is 25.3 Å². The van der Waals surface area contributed by atoms with E-state index in [1.54, 1.807) is 0 Å². The Morgan fingerprint density at radius 1 is 0.787 bits per heavy atom. The van der Waals surface area contributed by atoms with E-state index >= 15 is 0 Å². The lowest BCUT2D eigenvalue weighted by Gasteiger charge is -2.41. The summed E-state index contributed by atoms with van der Waals surface area (Å²) in [6.07, 6.45) is 9.94. The van der Waals surface area contributed by atoms with Gasteiger partial charge in [0.2, 0.25) is 11.8 Å². The van der Waals surface area contributed by atoms with Crippen LogP contribution in [0.25, 0.3) is 0 Å². The van der Waals surface area contributed by atoms with Crippen molar-refractivity contribution in [2.75, 3.05) is 98.7 Å². The Hall–Kier alpha value is -2.53. The molecule has 0 aromatic heterocycles. The number of carbonyl (C=O) groups excluding carboxylic acids is 3. The first-order valence-corrected chi connectivity index (χ1v) is 18.7. The van der Waals surface area contributed by atoms with Crippen molar-refractivity contribution in [3.8, 4) is 0 Å². The summed E-state index contributed by atoms with van der Waals surface area (Å²) in [5.41, 5.74) is 1.91. The van der Waals surface area contributed by atoms with E-state index in [0.29, 0.717) is 23.9 Å². The van der Waals surface area contributed by atoms with Crippen molar-refractivity contribution in [3.63, 3.8) is 0 Å². The minimum absolute atomic E-state index is 0.109. The molecule has 5 fully saturated rings. The second-order valence-electron chi connectivity index (χ2n) is 15.0. The molecule has 10 nitrogen and oxygen atoms in total. The highest BCUT2D eigenvalue weighted by Gasteiger charge is 2.36. The summed E-state index contributed by atoms with van der Waals surface area (Å²) < 4.78 is 0. The number of benzene rings is 1. The molecule has 1 aromatic carbocycles. The fourth-order valence-electron chi connectivity index (χ4n) is 8.55. The highest BCUT2D eigenvalue weighted by Crippen LogP contribution is 2.29. The number of hydrogen-bond acceptors (Lipinski definition) is 7. The lowest BCUT2D eigenvalue weighted by Crippen LogP contribution is -2.57. The molecular weight excluding hydrogens is 590 g/mol. The highest BCUT2D eigenvalue weighted by molar-refractivity contribution is 5.97. The molecule has 4 saturated heterocycles. The van der Waals surface area contributed by atoms with E-state index < -0.39 is 6.04 Å². The zero-order valence-corrected chi connectivity index (χ0v) is 28.8. The first kappa shape index (κ1) is 34.3. The van der Waals surface area contributed by atoms with E-state index in [1.807, 2.05) is 21.9 Å². The molecule has 0 radical (unpaired) electrons. The molecule has 0 spiro atoms. The molecule has 1 aliphatic carbocycles. The predicted molar refractivity (Wildman–Crippen MR) is 185 cm³/mol. The van der Waals surface area contributed by atoms with E-state index in [4.69, 9.17) is 0 Å². The molecule has 260 valence electrons. The number of likely N-dealkylation sites (tertiary alicyclic amines) is 1. The number of amides is 3. The SMILES string of the molecule is CN1CCN(C(=O)CN2CCC(CN3CCN(C(=O)C(NC(=O)c4cccc(C5CCNCC5)c4)C4CCCCC4)CC3)CC2)CC1. The number of likely N-dealkylation sites (N-methyl/N-ethyl adjacent to an activating group) is 1. The molecule has 2 N–H and O–H groups in total. The Morgan fingerprint density at radius 2 is 1.47 bits per heavy atom. The van der Waals surface area contributed by atoms with Crippen molar-refractivity contribution in [1.29, 1.82) is 0 Å². The summed E-state index contributed by atoms with van der Waals surface area (Å²) >= 11 is 0. The zero-order chi connectivity index (χ0) is 32.6. The molecule has 4 aliphatic heterocycles. The van der Waals surface area contributed by atoms with Crippen LogP contribution in [0.3, 0.4) is 0 Å². The minimum Gasteiger partial charge on any atom is -0.340 e. The van der Waals surface area contributed by atoms with E-state index in [1.165, 1.54) is 12.0 Å². The van der Waals surface area contributed by atoms with E-state index in [9.17, 15) is 14.4 Å². The Labute approximate surface area is 282 Å². The Morgan fingerprint density at radius 3 is 2.17 bits per heavy atom. The van der Waals surface area contributed by atoms with Crippen LogP contribution in [0.2, 0.25) is 0 Å². The van der Waals surface area contributed by atoms with Crippen LogP contribution >= 0.6 is 0 Å². The summed E-state index contributed by atoms with van der Waals surface area (Å²) in [5.74, 6) is 1.62. The summed E-state index contributed by atoms with van der Waals surface area (Å²) in [5, 5.41) is 6.69. The van der Waals surface area contributed by atoms with Crippen molar-refractivity contribution >= 4 is 17.7 Å². The van der Waals surface area contributed by atoms with Gasteiger partial charge in [0.25, 0.3) is 5.91 Å².